The second kappa shape index (κ2) is 2.67. The number of benzene rings is 1. The quantitative estimate of drug-likeness (QED) is 0.575. The van der Waals surface area contributed by atoms with Crippen LogP contribution in [0.3, 0.4) is 0 Å². The van der Waals surface area contributed by atoms with Crippen molar-refractivity contribution in [2.45, 2.75) is 0 Å². The third-order valence-electron chi connectivity index (χ3n) is 0.839. The van der Waals surface area contributed by atoms with Gasteiger partial charge in [0.25, 0.3) is 0 Å². The van der Waals surface area contributed by atoms with Crippen molar-refractivity contribution in [2.24, 2.45) is 0 Å². The van der Waals surface area contributed by atoms with E-state index in [9.17, 15) is 4.39 Å². The molecule has 0 bridgehead atoms. The first-order valence-corrected chi connectivity index (χ1v) is 3.39. The predicted molar refractivity (Wildman–Crippen MR) is 37.9 cm³/mol. The second-order valence-corrected chi connectivity index (χ2v) is 2.70. The van der Waals surface area contributed by atoms with E-state index >= 15 is 0 Å². The zero-order valence-electron chi connectivity index (χ0n) is 4.29. The van der Waals surface area contributed by atoms with E-state index in [0.717, 1.165) is 0 Å². The van der Waals surface area contributed by atoms with E-state index < -0.39 is 5.82 Å². The van der Waals surface area contributed by atoms with E-state index in [1.165, 1.54) is 6.07 Å². The Kier molecular flexibility index (Phi) is 2.09. The molecule has 0 unspecified atom stereocenters. The fourth-order valence-corrected chi connectivity index (χ4v) is 0.859. The molecule has 0 nitrogen and oxygen atoms in total. The van der Waals surface area contributed by atoms with Crippen LogP contribution in [-0.2, 0) is 0 Å². The summed E-state index contributed by atoms with van der Waals surface area (Å²) in [5, 5.41) is 0.105. The van der Waals surface area contributed by atoms with Crippen LogP contribution in [0.5, 0.6) is 0 Å². The average Bonchev–Trinajstić information content (AvgIpc) is 1.83. The lowest BCUT2D eigenvalue weighted by molar-refractivity contribution is 0.627. The SMILES string of the molecule is Fc1c[c]cc(Br)c1Cl. The monoisotopic (exact) mass is 207 g/mol. The molecule has 0 spiro atoms. The topological polar surface area (TPSA) is 0 Å². The Hall–Kier alpha value is -0.0800. The van der Waals surface area contributed by atoms with Crippen molar-refractivity contribution < 1.29 is 4.39 Å². The molecular weight excluding hydrogens is 206 g/mol. The molecule has 3 heteroatoms. The largest absolute Gasteiger partial charge is 0.205 e. The van der Waals surface area contributed by atoms with Crippen molar-refractivity contribution in [1.82, 2.24) is 0 Å². The molecular formula is C6H2BrClF. The van der Waals surface area contributed by atoms with E-state index in [-0.39, 0.29) is 5.02 Å². The Balaban J connectivity index is 3.25. The van der Waals surface area contributed by atoms with Gasteiger partial charge in [0.1, 0.15) is 5.82 Å². The molecule has 1 aromatic rings. The first-order valence-electron chi connectivity index (χ1n) is 2.22. The molecule has 0 fully saturated rings. The molecule has 0 saturated heterocycles. The van der Waals surface area contributed by atoms with Crippen LogP contribution >= 0.6 is 27.5 Å². The standard InChI is InChI=1S/C6H2BrClF/c7-4-2-1-3-5(9)6(4)8/h2-3H. The Bertz CT molecular complexity index is 204. The Morgan fingerprint density at radius 3 is 2.67 bits per heavy atom. The summed E-state index contributed by atoms with van der Waals surface area (Å²) in [5.41, 5.74) is 0. The highest BCUT2D eigenvalue weighted by atomic mass is 79.9. The lowest BCUT2D eigenvalue weighted by Crippen LogP contribution is -1.75. The van der Waals surface area contributed by atoms with Crippen LogP contribution < -0.4 is 0 Å². The maximum Gasteiger partial charge on any atom is 0.143 e. The van der Waals surface area contributed by atoms with Crippen molar-refractivity contribution in [3.63, 3.8) is 0 Å². The molecule has 1 rings (SSSR count). The molecule has 0 amide bonds. The highest BCUT2D eigenvalue weighted by molar-refractivity contribution is 9.10. The molecule has 0 aromatic heterocycles. The molecule has 0 atom stereocenters. The summed E-state index contributed by atoms with van der Waals surface area (Å²) in [6, 6.07) is 5.31. The summed E-state index contributed by atoms with van der Waals surface area (Å²) in [5.74, 6) is -0.453. The minimum absolute atomic E-state index is 0.105. The zero-order valence-corrected chi connectivity index (χ0v) is 6.63. The molecule has 0 heterocycles. The van der Waals surface area contributed by atoms with Gasteiger partial charge in [-0.15, -0.1) is 0 Å². The molecule has 0 saturated carbocycles. The highest BCUT2D eigenvalue weighted by Gasteiger charge is 2.00. The highest BCUT2D eigenvalue weighted by Crippen LogP contribution is 2.23. The van der Waals surface area contributed by atoms with Gasteiger partial charge in [0, 0.05) is 4.47 Å². The van der Waals surface area contributed by atoms with Crippen molar-refractivity contribution in [1.29, 1.82) is 0 Å². The molecule has 47 valence electrons. The van der Waals surface area contributed by atoms with Crippen LogP contribution in [0, 0.1) is 11.9 Å². The fraction of sp³-hybridized carbons (Fsp3) is 0. The van der Waals surface area contributed by atoms with Gasteiger partial charge in [-0.2, -0.15) is 0 Å². The van der Waals surface area contributed by atoms with Gasteiger partial charge >= 0.3 is 0 Å². The summed E-state index contributed by atoms with van der Waals surface area (Å²) < 4.78 is 12.9. The van der Waals surface area contributed by atoms with Gasteiger partial charge in [-0.25, -0.2) is 4.39 Å². The van der Waals surface area contributed by atoms with Gasteiger partial charge in [0.15, 0.2) is 0 Å². The lowest BCUT2D eigenvalue weighted by Gasteiger charge is -1.92. The minimum Gasteiger partial charge on any atom is -0.205 e. The fourth-order valence-electron chi connectivity index (χ4n) is 0.429. The third kappa shape index (κ3) is 1.43. The van der Waals surface area contributed by atoms with Gasteiger partial charge in [-0.3, -0.25) is 0 Å². The third-order valence-corrected chi connectivity index (χ3v) is 2.08. The van der Waals surface area contributed by atoms with E-state index in [1.807, 2.05) is 0 Å². The molecule has 0 aliphatic rings. The van der Waals surface area contributed by atoms with Gasteiger partial charge in [-0.1, -0.05) is 11.6 Å². The summed E-state index contributed by atoms with van der Waals surface area (Å²) >= 11 is 8.48. The van der Waals surface area contributed by atoms with E-state index in [0.29, 0.717) is 4.47 Å². The van der Waals surface area contributed by atoms with Gasteiger partial charge in [0.05, 0.1) is 5.02 Å². The normalized spacial score (nSPS) is 9.67. The molecule has 1 radical (unpaired) electrons. The van der Waals surface area contributed by atoms with Crippen molar-refractivity contribution >= 4 is 27.5 Å². The summed E-state index contributed by atoms with van der Waals surface area (Å²) in [6.45, 7) is 0. The summed E-state index contributed by atoms with van der Waals surface area (Å²) in [4.78, 5) is 0. The average molecular weight is 208 g/mol. The lowest BCUT2D eigenvalue weighted by atomic mass is 10.3. The zero-order chi connectivity index (χ0) is 6.85. The predicted octanol–water partition coefficient (Wildman–Crippen LogP) is 3.04. The first-order chi connectivity index (χ1) is 4.22. The van der Waals surface area contributed by atoms with Gasteiger partial charge < -0.3 is 0 Å². The second-order valence-electron chi connectivity index (χ2n) is 1.47. The molecule has 1 aromatic carbocycles. The number of halogens is 3. The van der Waals surface area contributed by atoms with Crippen LogP contribution in [0.2, 0.25) is 5.02 Å². The Labute approximate surface area is 65.8 Å². The van der Waals surface area contributed by atoms with Crippen LogP contribution in [-0.4, -0.2) is 0 Å². The van der Waals surface area contributed by atoms with E-state index in [2.05, 4.69) is 22.0 Å². The summed E-state index contributed by atoms with van der Waals surface area (Å²) in [6.07, 6.45) is 0. The Morgan fingerprint density at radius 2 is 2.22 bits per heavy atom. The van der Waals surface area contributed by atoms with Crippen LogP contribution in [0.25, 0.3) is 0 Å². The summed E-state index contributed by atoms with van der Waals surface area (Å²) in [7, 11) is 0. The maximum atomic E-state index is 12.4. The molecule has 0 aliphatic carbocycles. The van der Waals surface area contributed by atoms with Crippen molar-refractivity contribution in [3.8, 4) is 0 Å². The van der Waals surface area contributed by atoms with Crippen LogP contribution in [0.1, 0.15) is 0 Å². The van der Waals surface area contributed by atoms with Crippen molar-refractivity contribution in [3.05, 3.63) is 33.5 Å². The van der Waals surface area contributed by atoms with Gasteiger partial charge in [0.2, 0.25) is 0 Å². The van der Waals surface area contributed by atoms with Crippen LogP contribution in [0.15, 0.2) is 16.6 Å². The minimum atomic E-state index is -0.453. The van der Waals surface area contributed by atoms with Gasteiger partial charge in [-0.05, 0) is 34.1 Å². The van der Waals surface area contributed by atoms with Crippen molar-refractivity contribution in [2.75, 3.05) is 0 Å². The maximum absolute atomic E-state index is 12.4. The smallest absolute Gasteiger partial charge is 0.143 e. The molecule has 0 aliphatic heterocycles. The van der Waals surface area contributed by atoms with Crippen LogP contribution in [0.4, 0.5) is 4.39 Å². The molecule has 0 N–H and O–H groups in total. The van der Waals surface area contributed by atoms with E-state index in [4.69, 9.17) is 11.6 Å². The number of rotatable bonds is 0. The first kappa shape index (κ1) is 7.03. The molecule has 9 heavy (non-hydrogen) atoms. The van der Waals surface area contributed by atoms with E-state index in [1.54, 1.807) is 6.07 Å². The Morgan fingerprint density at radius 1 is 1.56 bits per heavy atom. The number of hydrogen-bond donors (Lipinski definition) is 0. The number of hydrogen-bond acceptors (Lipinski definition) is 0.